The molecule has 0 saturated carbocycles. The molecule has 5 aromatic rings. The summed E-state index contributed by atoms with van der Waals surface area (Å²) in [7, 11) is 8.06. The summed E-state index contributed by atoms with van der Waals surface area (Å²) in [5, 5.41) is 12.1. The number of hydrogen-bond acceptors (Lipinski definition) is 11. The number of benzene rings is 4. The van der Waals surface area contributed by atoms with Crippen molar-refractivity contribution in [1.29, 1.82) is 0 Å². The first-order chi connectivity index (χ1) is 27.4. The molecule has 0 radical (unpaired) electrons. The van der Waals surface area contributed by atoms with Crippen LogP contribution in [0.4, 0.5) is 5.69 Å². The molecule has 1 unspecified atom stereocenters. The minimum Gasteiger partial charge on any atom is -0.493 e. The second kappa shape index (κ2) is 20.1. The van der Waals surface area contributed by atoms with E-state index in [1.807, 2.05) is 66.7 Å². The molecule has 12 heteroatoms. The summed E-state index contributed by atoms with van der Waals surface area (Å²) in [6, 6.07) is 23.3. The van der Waals surface area contributed by atoms with E-state index >= 15 is 0 Å². The highest BCUT2D eigenvalue weighted by Crippen LogP contribution is 2.42. The van der Waals surface area contributed by atoms with Gasteiger partial charge in [-0.05, 0) is 84.6 Å². The molecule has 0 spiro atoms. The van der Waals surface area contributed by atoms with Gasteiger partial charge in [0.05, 0.1) is 48.8 Å². The van der Waals surface area contributed by atoms with Crippen molar-refractivity contribution in [2.75, 3.05) is 54.1 Å². The third-order valence-electron chi connectivity index (χ3n) is 9.86. The van der Waals surface area contributed by atoms with Crippen LogP contribution in [0.3, 0.4) is 0 Å². The maximum atomic E-state index is 6.18. The fourth-order valence-electron chi connectivity index (χ4n) is 6.80. The highest BCUT2D eigenvalue weighted by atomic mass is 35.5. The normalized spacial score (nSPS) is 13.4. The van der Waals surface area contributed by atoms with Crippen molar-refractivity contribution in [1.82, 2.24) is 10.5 Å². The lowest BCUT2D eigenvalue weighted by atomic mass is 10.1. The molecule has 2 N–H and O–H groups in total. The van der Waals surface area contributed by atoms with E-state index in [0.29, 0.717) is 53.4 Å². The Bertz CT molecular complexity index is 2010. The molecule has 0 aliphatic carbocycles. The van der Waals surface area contributed by atoms with Gasteiger partial charge >= 0.3 is 0 Å². The van der Waals surface area contributed by atoms with Crippen molar-refractivity contribution in [3.8, 4) is 62.8 Å². The van der Waals surface area contributed by atoms with Gasteiger partial charge in [0.15, 0.2) is 40.3 Å². The van der Waals surface area contributed by atoms with E-state index in [-0.39, 0.29) is 6.17 Å². The number of aromatic nitrogens is 1. The molecular formula is C44H52ClN3O8. The average Bonchev–Trinajstić information content (AvgIpc) is 3.74. The number of hydrogen-bond donors (Lipinski definition) is 2. The predicted molar refractivity (Wildman–Crippen MR) is 219 cm³/mol. The number of ether oxygens (including phenoxy) is 7. The smallest absolute Gasteiger partial charge is 0.203 e. The fraction of sp³-hybridized carbons (Fsp3) is 0.386. The summed E-state index contributed by atoms with van der Waals surface area (Å²) in [5.41, 5.74) is 5.60. The van der Waals surface area contributed by atoms with Crippen LogP contribution in [-0.2, 0) is 6.54 Å². The Morgan fingerprint density at radius 2 is 1.23 bits per heavy atom. The van der Waals surface area contributed by atoms with Crippen molar-refractivity contribution in [3.63, 3.8) is 0 Å². The second-order valence-corrected chi connectivity index (χ2v) is 14.0. The molecule has 1 aliphatic rings. The van der Waals surface area contributed by atoms with Crippen LogP contribution in [0.25, 0.3) is 22.6 Å². The maximum absolute atomic E-state index is 6.18. The lowest BCUT2D eigenvalue weighted by Gasteiger charge is -2.29. The zero-order chi connectivity index (χ0) is 39.3. The molecule has 0 saturated heterocycles. The molecule has 1 aliphatic heterocycles. The van der Waals surface area contributed by atoms with Crippen LogP contribution in [-0.4, -0.2) is 53.9 Å². The van der Waals surface area contributed by atoms with E-state index in [2.05, 4.69) is 21.9 Å². The Labute approximate surface area is 334 Å². The number of rotatable bonds is 21. The SMILES string of the molecule is COc1cc(C2NCc3cc(Cl)ccc3N2)ccc1OCCCCCCCCCCOc1cc(-c2cc(-c3cc(OC)c(OC)c(OC)c3)on2)ccc1OC. The predicted octanol–water partition coefficient (Wildman–Crippen LogP) is 10.5. The van der Waals surface area contributed by atoms with Crippen LogP contribution in [0, 0.1) is 0 Å². The number of nitrogens with one attached hydrogen (secondary N) is 2. The molecular weight excluding hydrogens is 734 g/mol. The van der Waals surface area contributed by atoms with E-state index in [1.165, 1.54) is 25.7 Å². The van der Waals surface area contributed by atoms with Crippen molar-refractivity contribution in [2.24, 2.45) is 0 Å². The average molecular weight is 786 g/mol. The summed E-state index contributed by atoms with van der Waals surface area (Å²) in [6.45, 7) is 2.01. The summed E-state index contributed by atoms with van der Waals surface area (Å²) < 4.78 is 45.7. The number of unbranched alkanes of at least 4 members (excludes halogenated alkanes) is 7. The highest BCUT2D eigenvalue weighted by molar-refractivity contribution is 6.30. The Morgan fingerprint density at radius 3 is 1.89 bits per heavy atom. The van der Waals surface area contributed by atoms with E-state index in [0.717, 1.165) is 76.7 Å². The molecule has 11 nitrogen and oxygen atoms in total. The van der Waals surface area contributed by atoms with Gasteiger partial charge in [0.1, 0.15) is 11.9 Å². The first kappa shape index (κ1) is 40.4. The van der Waals surface area contributed by atoms with Crippen LogP contribution in [0.1, 0.15) is 68.7 Å². The Morgan fingerprint density at radius 1 is 0.607 bits per heavy atom. The molecule has 1 atom stereocenters. The molecule has 0 bridgehead atoms. The third kappa shape index (κ3) is 10.1. The summed E-state index contributed by atoms with van der Waals surface area (Å²) >= 11 is 6.16. The second-order valence-electron chi connectivity index (χ2n) is 13.6. The number of methoxy groups -OCH3 is 5. The van der Waals surface area contributed by atoms with Crippen LogP contribution in [0.2, 0.25) is 5.02 Å². The van der Waals surface area contributed by atoms with Gasteiger partial charge < -0.3 is 43.0 Å². The van der Waals surface area contributed by atoms with E-state index < -0.39 is 0 Å². The minimum atomic E-state index is -0.0234. The van der Waals surface area contributed by atoms with Gasteiger partial charge in [0.25, 0.3) is 0 Å². The first-order valence-electron chi connectivity index (χ1n) is 19.1. The van der Waals surface area contributed by atoms with Gasteiger partial charge in [0, 0.05) is 34.4 Å². The van der Waals surface area contributed by atoms with E-state index in [9.17, 15) is 0 Å². The van der Waals surface area contributed by atoms with Gasteiger partial charge in [0.2, 0.25) is 5.75 Å². The molecule has 6 rings (SSSR count). The number of nitrogens with zero attached hydrogens (tertiary/aromatic N) is 1. The van der Waals surface area contributed by atoms with Crippen LogP contribution in [0.5, 0.6) is 40.2 Å². The fourth-order valence-corrected chi connectivity index (χ4v) is 7.00. The minimum absolute atomic E-state index is 0.0234. The molecule has 1 aromatic heterocycles. The van der Waals surface area contributed by atoms with E-state index in [1.54, 1.807) is 35.5 Å². The standard InChI is InChI=1S/C44H52ClN3O8/c1-49-36-18-14-29(35-27-38(56-48-35)31-25-41(51-3)43(53-5)42(26-31)52-4)23-40(36)55-21-13-11-9-7-6-8-10-12-20-54-37-19-15-30(24-39(37)50-2)44-46-28-32-22-33(45)16-17-34(32)47-44/h14-19,22-27,44,46-47H,6-13,20-21,28H2,1-5H3. The third-order valence-corrected chi connectivity index (χ3v) is 10.1. The first-order valence-corrected chi connectivity index (χ1v) is 19.5. The van der Waals surface area contributed by atoms with Crippen molar-refractivity contribution < 1.29 is 37.7 Å². The Hall–Kier alpha value is -5.26. The molecule has 0 fully saturated rings. The molecule has 0 amide bonds. The van der Waals surface area contributed by atoms with Crippen LogP contribution in [0.15, 0.2) is 77.3 Å². The molecule has 2 heterocycles. The Kier molecular flexibility index (Phi) is 14.5. The van der Waals surface area contributed by atoms with Gasteiger partial charge in [-0.25, -0.2) is 0 Å². The van der Waals surface area contributed by atoms with Crippen molar-refractivity contribution in [3.05, 3.63) is 88.9 Å². The zero-order valence-corrected chi connectivity index (χ0v) is 33.6. The zero-order valence-electron chi connectivity index (χ0n) is 32.9. The number of halogens is 1. The van der Waals surface area contributed by atoms with Gasteiger partial charge in [-0.1, -0.05) is 61.3 Å². The summed E-state index contributed by atoms with van der Waals surface area (Å²) in [6.07, 6.45) is 8.96. The maximum Gasteiger partial charge on any atom is 0.203 e. The number of anilines is 1. The quantitative estimate of drug-likeness (QED) is 0.0693. The van der Waals surface area contributed by atoms with Crippen LogP contribution >= 0.6 is 11.6 Å². The van der Waals surface area contributed by atoms with Crippen LogP contribution < -0.4 is 43.8 Å². The van der Waals surface area contributed by atoms with Crippen molar-refractivity contribution >= 4 is 17.3 Å². The Balaban J connectivity index is 0.874. The topological polar surface area (TPSA) is 115 Å². The number of fused-ring (bicyclic) bond motifs is 1. The van der Waals surface area contributed by atoms with E-state index in [4.69, 9.17) is 49.3 Å². The summed E-state index contributed by atoms with van der Waals surface area (Å²) in [5.74, 6) is 5.00. The lowest BCUT2D eigenvalue weighted by Crippen LogP contribution is -2.32. The van der Waals surface area contributed by atoms with Gasteiger partial charge in [-0.3, -0.25) is 5.32 Å². The molecule has 4 aromatic carbocycles. The summed E-state index contributed by atoms with van der Waals surface area (Å²) in [4.78, 5) is 0. The monoisotopic (exact) mass is 785 g/mol. The lowest BCUT2D eigenvalue weighted by molar-refractivity contribution is 0.282. The molecule has 298 valence electrons. The largest absolute Gasteiger partial charge is 0.493 e. The van der Waals surface area contributed by atoms with Crippen molar-refractivity contribution in [2.45, 2.75) is 64.1 Å². The highest BCUT2D eigenvalue weighted by Gasteiger charge is 2.21. The van der Waals surface area contributed by atoms with Gasteiger partial charge in [-0.2, -0.15) is 0 Å². The molecule has 56 heavy (non-hydrogen) atoms. The van der Waals surface area contributed by atoms with Gasteiger partial charge in [-0.15, -0.1) is 0 Å².